The normalized spacial score (nSPS) is 39.5. The number of hydrogen-bond donors (Lipinski definition) is 1. The molecule has 4 nitrogen and oxygen atoms in total. The molecule has 0 bridgehead atoms. The van der Waals surface area contributed by atoms with Gasteiger partial charge in [-0.3, -0.25) is 4.79 Å². The Morgan fingerprint density at radius 2 is 1.95 bits per heavy atom. The highest BCUT2D eigenvalue weighted by Gasteiger charge is 2.82. The minimum absolute atomic E-state index is 0.136. The molecule has 1 saturated carbocycles. The molecular formula is C12H15F5O4. The Balaban J connectivity index is 2.54. The molecule has 0 spiro atoms. The van der Waals surface area contributed by atoms with E-state index in [1.165, 1.54) is 0 Å². The van der Waals surface area contributed by atoms with Gasteiger partial charge in [-0.15, -0.1) is 0 Å². The van der Waals surface area contributed by atoms with Crippen LogP contribution in [0, 0.1) is 5.92 Å². The van der Waals surface area contributed by atoms with Gasteiger partial charge in [0, 0.05) is 12.8 Å². The van der Waals surface area contributed by atoms with Crippen molar-refractivity contribution in [1.29, 1.82) is 0 Å². The van der Waals surface area contributed by atoms with Gasteiger partial charge >= 0.3 is 23.9 Å². The van der Waals surface area contributed by atoms with Crippen molar-refractivity contribution in [3.8, 4) is 0 Å². The lowest BCUT2D eigenvalue weighted by molar-refractivity contribution is -0.482. The number of aliphatic hydroxyl groups is 1. The van der Waals surface area contributed by atoms with Crippen molar-refractivity contribution in [2.24, 2.45) is 5.92 Å². The number of ether oxygens (including phenoxy) is 2. The van der Waals surface area contributed by atoms with E-state index in [0.717, 1.165) is 6.92 Å². The van der Waals surface area contributed by atoms with Crippen LogP contribution in [0.15, 0.2) is 0 Å². The zero-order valence-electron chi connectivity index (χ0n) is 11.2. The number of esters is 1. The first-order valence-corrected chi connectivity index (χ1v) is 6.48. The molecule has 1 aliphatic heterocycles. The fourth-order valence-corrected chi connectivity index (χ4v) is 3.16. The van der Waals surface area contributed by atoms with Gasteiger partial charge < -0.3 is 14.6 Å². The zero-order valence-corrected chi connectivity index (χ0v) is 11.2. The van der Waals surface area contributed by atoms with Crippen molar-refractivity contribution in [2.45, 2.75) is 56.1 Å². The average molecular weight is 318 g/mol. The summed E-state index contributed by atoms with van der Waals surface area (Å²) in [6, 6.07) is 0. The van der Waals surface area contributed by atoms with E-state index >= 15 is 0 Å². The van der Waals surface area contributed by atoms with Crippen LogP contribution < -0.4 is 0 Å². The number of carbonyl (C=O) groups excluding carboxylic acids is 1. The number of fused-ring (bicyclic) bond motifs is 1. The smallest absolute Gasteiger partial charge is 0.449 e. The Kier molecular flexibility index (Phi) is 3.73. The van der Waals surface area contributed by atoms with Gasteiger partial charge in [-0.1, -0.05) is 6.42 Å². The molecule has 1 heterocycles. The molecule has 0 amide bonds. The molecule has 0 radical (unpaired) electrons. The van der Waals surface area contributed by atoms with Crippen LogP contribution >= 0.6 is 0 Å². The quantitative estimate of drug-likeness (QED) is 0.596. The number of halogens is 5. The summed E-state index contributed by atoms with van der Waals surface area (Å²) in [5, 5.41) is 9.46. The molecule has 1 aliphatic carbocycles. The first kappa shape index (κ1) is 16.4. The molecule has 9 heteroatoms. The van der Waals surface area contributed by atoms with Crippen LogP contribution in [0.25, 0.3) is 0 Å². The van der Waals surface area contributed by atoms with E-state index in [4.69, 9.17) is 0 Å². The SMILES string of the molecule is CC(=O)OC12CCCCC1COC(O)(C(F)(F)F)C2(F)F. The van der Waals surface area contributed by atoms with E-state index in [1.54, 1.807) is 0 Å². The maximum absolute atomic E-state index is 14.5. The molecular weight excluding hydrogens is 303 g/mol. The second-order valence-corrected chi connectivity index (χ2v) is 5.45. The summed E-state index contributed by atoms with van der Waals surface area (Å²) in [4.78, 5) is 11.2. The highest BCUT2D eigenvalue weighted by atomic mass is 19.4. The second-order valence-electron chi connectivity index (χ2n) is 5.45. The first-order chi connectivity index (χ1) is 9.48. The minimum atomic E-state index is -5.72. The lowest BCUT2D eigenvalue weighted by Gasteiger charge is -2.55. The van der Waals surface area contributed by atoms with Crippen molar-refractivity contribution in [3.63, 3.8) is 0 Å². The van der Waals surface area contributed by atoms with Gasteiger partial charge in [0.15, 0.2) is 5.60 Å². The molecule has 1 N–H and O–H groups in total. The van der Waals surface area contributed by atoms with Gasteiger partial charge in [0.2, 0.25) is 0 Å². The molecule has 0 aromatic rings. The molecule has 3 unspecified atom stereocenters. The van der Waals surface area contributed by atoms with Crippen LogP contribution in [0.3, 0.4) is 0 Å². The largest absolute Gasteiger partial charge is 0.452 e. The Bertz CT molecular complexity index is 438. The lowest BCUT2D eigenvalue weighted by atomic mass is 9.67. The maximum atomic E-state index is 14.5. The standard InChI is InChI=1S/C12H15F5O4/c1-7(18)21-9-5-3-2-4-8(9)6-20-11(19,10(9,13)14)12(15,16)17/h8,19H,2-6H2,1H3. The topological polar surface area (TPSA) is 55.8 Å². The number of hydrogen-bond acceptors (Lipinski definition) is 4. The Labute approximate surface area is 117 Å². The molecule has 21 heavy (non-hydrogen) atoms. The van der Waals surface area contributed by atoms with Crippen LogP contribution in [0.4, 0.5) is 22.0 Å². The van der Waals surface area contributed by atoms with Crippen LogP contribution in [0.2, 0.25) is 0 Å². The third-order valence-corrected chi connectivity index (χ3v) is 4.17. The van der Waals surface area contributed by atoms with Gasteiger partial charge in [0.25, 0.3) is 0 Å². The summed E-state index contributed by atoms with van der Waals surface area (Å²) in [7, 11) is 0. The van der Waals surface area contributed by atoms with E-state index in [9.17, 15) is 31.9 Å². The van der Waals surface area contributed by atoms with E-state index in [0.29, 0.717) is 6.42 Å². The molecule has 1 saturated heterocycles. The van der Waals surface area contributed by atoms with Gasteiger partial charge in [0.05, 0.1) is 6.61 Å². The highest BCUT2D eigenvalue weighted by Crippen LogP contribution is 2.59. The van der Waals surface area contributed by atoms with E-state index in [1.807, 2.05) is 0 Å². The molecule has 0 aromatic carbocycles. The van der Waals surface area contributed by atoms with Crippen molar-refractivity contribution in [2.75, 3.05) is 6.61 Å². The average Bonchev–Trinajstić information content (AvgIpc) is 2.33. The minimum Gasteiger partial charge on any atom is -0.452 e. The maximum Gasteiger partial charge on any atom is 0.449 e. The fourth-order valence-electron chi connectivity index (χ4n) is 3.16. The number of alkyl halides is 5. The summed E-state index contributed by atoms with van der Waals surface area (Å²) in [6.45, 7) is 0.0947. The monoisotopic (exact) mass is 318 g/mol. The number of rotatable bonds is 1. The lowest BCUT2D eigenvalue weighted by Crippen LogP contribution is -2.76. The van der Waals surface area contributed by atoms with Gasteiger partial charge in [0.1, 0.15) is 0 Å². The summed E-state index contributed by atoms with van der Waals surface area (Å²) < 4.78 is 76.5. The predicted octanol–water partition coefficient (Wildman–Crippen LogP) is 2.39. The van der Waals surface area contributed by atoms with Crippen LogP contribution in [0.5, 0.6) is 0 Å². The molecule has 0 aromatic heterocycles. The van der Waals surface area contributed by atoms with Crippen molar-refractivity contribution in [3.05, 3.63) is 0 Å². The molecule has 122 valence electrons. The van der Waals surface area contributed by atoms with E-state index in [-0.39, 0.29) is 12.8 Å². The van der Waals surface area contributed by atoms with Crippen LogP contribution in [-0.4, -0.2) is 41.2 Å². The van der Waals surface area contributed by atoms with E-state index in [2.05, 4.69) is 9.47 Å². The predicted molar refractivity (Wildman–Crippen MR) is 58.4 cm³/mol. The first-order valence-electron chi connectivity index (χ1n) is 6.48. The van der Waals surface area contributed by atoms with Crippen LogP contribution in [0.1, 0.15) is 32.6 Å². The summed E-state index contributed by atoms with van der Waals surface area (Å²) in [5.41, 5.74) is -2.69. The third kappa shape index (κ3) is 2.12. The second kappa shape index (κ2) is 4.77. The molecule has 3 atom stereocenters. The van der Waals surface area contributed by atoms with Gasteiger partial charge in [-0.05, 0) is 19.3 Å². The Morgan fingerprint density at radius 1 is 1.33 bits per heavy atom. The zero-order chi connectivity index (χ0) is 16.1. The summed E-state index contributed by atoms with van der Waals surface area (Å²) in [6.07, 6.45) is -5.35. The molecule has 2 aliphatic rings. The van der Waals surface area contributed by atoms with Crippen LogP contribution in [-0.2, 0) is 14.3 Å². The Morgan fingerprint density at radius 3 is 2.48 bits per heavy atom. The molecule has 2 fully saturated rings. The Hall–Kier alpha value is -0.960. The van der Waals surface area contributed by atoms with Crippen molar-refractivity contribution >= 4 is 5.97 Å². The third-order valence-electron chi connectivity index (χ3n) is 4.17. The summed E-state index contributed by atoms with van der Waals surface area (Å²) in [5.74, 6) is -11.7. The number of carbonyl (C=O) groups is 1. The molecule has 2 rings (SSSR count). The van der Waals surface area contributed by atoms with Crippen molar-refractivity contribution < 1.29 is 41.3 Å². The van der Waals surface area contributed by atoms with Gasteiger partial charge in [-0.25, -0.2) is 0 Å². The highest BCUT2D eigenvalue weighted by molar-refractivity contribution is 5.67. The van der Waals surface area contributed by atoms with E-state index < -0.39 is 48.4 Å². The summed E-state index contributed by atoms with van der Waals surface area (Å²) >= 11 is 0. The van der Waals surface area contributed by atoms with Crippen molar-refractivity contribution in [1.82, 2.24) is 0 Å². The fraction of sp³-hybridized carbons (Fsp3) is 0.917. The van der Waals surface area contributed by atoms with Gasteiger partial charge in [-0.2, -0.15) is 22.0 Å².